The molecule has 0 radical (unpaired) electrons. The molecule has 0 spiro atoms. The molecule has 0 saturated carbocycles. The first-order chi connectivity index (χ1) is 11.7. The van der Waals surface area contributed by atoms with Crippen LogP contribution in [0.3, 0.4) is 0 Å². The van der Waals surface area contributed by atoms with Gasteiger partial charge in [0.1, 0.15) is 17.6 Å². The molecule has 1 aromatic carbocycles. The van der Waals surface area contributed by atoms with Crippen molar-refractivity contribution in [2.75, 3.05) is 11.2 Å². The van der Waals surface area contributed by atoms with Crippen molar-refractivity contribution in [3.63, 3.8) is 0 Å². The van der Waals surface area contributed by atoms with Crippen LogP contribution >= 0.6 is 11.3 Å². The Morgan fingerprint density at radius 1 is 1.25 bits per heavy atom. The van der Waals surface area contributed by atoms with Gasteiger partial charge in [0.15, 0.2) is 0 Å². The molecule has 118 valence electrons. The summed E-state index contributed by atoms with van der Waals surface area (Å²) in [6.07, 6.45) is 3.13. The molecule has 0 bridgehead atoms. The van der Waals surface area contributed by atoms with Gasteiger partial charge in [0, 0.05) is 17.6 Å². The van der Waals surface area contributed by atoms with Crippen molar-refractivity contribution >= 4 is 28.5 Å². The maximum atomic E-state index is 8.74. The van der Waals surface area contributed by atoms with Crippen LogP contribution in [0, 0.1) is 11.3 Å². The Morgan fingerprint density at radius 2 is 2.08 bits per heavy atom. The number of hydrogen-bond donors (Lipinski definition) is 2. The van der Waals surface area contributed by atoms with E-state index in [0.717, 1.165) is 5.56 Å². The van der Waals surface area contributed by atoms with Crippen molar-refractivity contribution < 1.29 is 4.74 Å². The van der Waals surface area contributed by atoms with E-state index in [9.17, 15) is 0 Å². The van der Waals surface area contributed by atoms with E-state index in [-0.39, 0.29) is 0 Å². The fraction of sp³-hybridized carbons (Fsp3) is 0. The number of thiazole rings is 1. The first kappa shape index (κ1) is 15.5. The molecular weight excluding hydrogens is 324 g/mol. The molecule has 7 nitrogen and oxygen atoms in total. The second kappa shape index (κ2) is 7.21. The summed E-state index contributed by atoms with van der Waals surface area (Å²) < 4.78 is 5.61. The summed E-state index contributed by atoms with van der Waals surface area (Å²) in [6, 6.07) is 12.7. The summed E-state index contributed by atoms with van der Waals surface area (Å²) in [5.74, 6) is 1.54. The molecular formula is C16H12N6OS. The minimum atomic E-state index is 0.429. The molecule has 3 rings (SSSR count). The lowest BCUT2D eigenvalue weighted by Crippen LogP contribution is -1.92. The fourth-order valence-corrected chi connectivity index (χ4v) is 2.30. The van der Waals surface area contributed by atoms with Gasteiger partial charge in [-0.25, -0.2) is 9.97 Å². The Balaban J connectivity index is 1.59. The van der Waals surface area contributed by atoms with Crippen molar-refractivity contribution in [2.45, 2.75) is 0 Å². The highest BCUT2D eigenvalue weighted by molar-refractivity contribution is 7.14. The van der Waals surface area contributed by atoms with E-state index in [4.69, 9.17) is 15.7 Å². The van der Waals surface area contributed by atoms with Gasteiger partial charge in [-0.1, -0.05) is 0 Å². The highest BCUT2D eigenvalue weighted by Crippen LogP contribution is 2.20. The lowest BCUT2D eigenvalue weighted by Gasteiger charge is -2.04. The Bertz CT molecular complexity index is 880. The van der Waals surface area contributed by atoms with Gasteiger partial charge in [-0.05, 0) is 35.9 Å². The summed E-state index contributed by atoms with van der Waals surface area (Å²) in [7, 11) is 0. The number of benzene rings is 1. The molecule has 0 amide bonds. The molecule has 0 fully saturated rings. The number of nitrogens with one attached hydrogen (secondary N) is 1. The summed E-state index contributed by atoms with van der Waals surface area (Å²) in [6.45, 7) is 0. The topological polar surface area (TPSA) is 109 Å². The molecule has 0 atom stereocenters. The van der Waals surface area contributed by atoms with Crippen LogP contribution in [-0.4, -0.2) is 16.2 Å². The molecule has 0 aliphatic rings. The van der Waals surface area contributed by atoms with Gasteiger partial charge in [0.25, 0.3) is 0 Å². The molecule has 0 aliphatic carbocycles. The number of hydrazone groups is 1. The van der Waals surface area contributed by atoms with Crippen molar-refractivity contribution in [1.82, 2.24) is 9.97 Å². The number of pyridine rings is 1. The minimum Gasteiger partial charge on any atom is -0.439 e. The molecule has 0 saturated heterocycles. The zero-order valence-electron chi connectivity index (χ0n) is 12.4. The third-order valence-electron chi connectivity index (χ3n) is 2.86. The molecule has 3 aromatic rings. The molecule has 2 heterocycles. The maximum absolute atomic E-state index is 8.74. The Hall–Kier alpha value is -3.44. The van der Waals surface area contributed by atoms with E-state index >= 15 is 0 Å². The zero-order chi connectivity index (χ0) is 16.8. The second-order valence-corrected chi connectivity index (χ2v) is 5.47. The van der Waals surface area contributed by atoms with Crippen LogP contribution in [0.1, 0.15) is 11.1 Å². The van der Waals surface area contributed by atoms with Crippen molar-refractivity contribution in [1.29, 1.82) is 5.26 Å². The number of anilines is 2. The van der Waals surface area contributed by atoms with Gasteiger partial charge in [-0.15, -0.1) is 11.3 Å². The number of nitrogen functional groups attached to an aromatic ring is 1. The predicted octanol–water partition coefficient (Wildman–Crippen LogP) is 3.23. The Labute approximate surface area is 142 Å². The fourth-order valence-electron chi connectivity index (χ4n) is 1.75. The minimum absolute atomic E-state index is 0.429. The Kier molecular flexibility index (Phi) is 4.65. The standard InChI is InChI=1S/C16H12N6OS/c17-7-12-3-6-15(19-8-12)23-13-4-1-11(2-5-13)9-20-22-16-21-14(18)10-24-16/h1-6,8-10H,18H2,(H,21,22). The number of aromatic nitrogens is 2. The van der Waals surface area contributed by atoms with Crippen molar-refractivity contribution in [2.24, 2.45) is 5.10 Å². The van der Waals surface area contributed by atoms with Crippen LogP contribution < -0.4 is 15.9 Å². The van der Waals surface area contributed by atoms with E-state index in [1.54, 1.807) is 23.7 Å². The lowest BCUT2D eigenvalue weighted by molar-refractivity contribution is 0.463. The second-order valence-electron chi connectivity index (χ2n) is 4.62. The molecule has 8 heteroatoms. The largest absolute Gasteiger partial charge is 0.439 e. The molecule has 3 N–H and O–H groups in total. The lowest BCUT2D eigenvalue weighted by atomic mass is 10.2. The first-order valence-electron chi connectivity index (χ1n) is 6.87. The van der Waals surface area contributed by atoms with Crippen LogP contribution in [0.4, 0.5) is 10.9 Å². The van der Waals surface area contributed by atoms with Crippen molar-refractivity contribution in [3.05, 3.63) is 59.1 Å². The number of nitrogens with two attached hydrogens (primary N) is 1. The monoisotopic (exact) mass is 336 g/mol. The Morgan fingerprint density at radius 3 is 2.71 bits per heavy atom. The smallest absolute Gasteiger partial charge is 0.219 e. The number of rotatable bonds is 5. The number of ether oxygens (including phenoxy) is 1. The van der Waals surface area contributed by atoms with E-state index in [1.165, 1.54) is 17.5 Å². The number of nitrogens with zero attached hydrogens (tertiary/aromatic N) is 4. The molecule has 0 unspecified atom stereocenters. The van der Waals surface area contributed by atoms with Crippen LogP contribution in [0.5, 0.6) is 11.6 Å². The average molecular weight is 336 g/mol. The summed E-state index contributed by atoms with van der Waals surface area (Å²) in [5.41, 5.74) is 9.72. The van der Waals surface area contributed by atoms with Crippen LogP contribution in [0.15, 0.2) is 53.1 Å². The summed E-state index contributed by atoms with van der Waals surface area (Å²) in [4.78, 5) is 8.09. The van der Waals surface area contributed by atoms with Gasteiger partial charge in [-0.3, -0.25) is 5.43 Å². The van der Waals surface area contributed by atoms with Gasteiger partial charge in [0.05, 0.1) is 11.8 Å². The number of nitriles is 1. The van der Waals surface area contributed by atoms with Gasteiger partial charge < -0.3 is 10.5 Å². The molecule has 2 aromatic heterocycles. The van der Waals surface area contributed by atoms with E-state index in [2.05, 4.69) is 20.5 Å². The van der Waals surface area contributed by atoms with Crippen LogP contribution in [0.25, 0.3) is 0 Å². The van der Waals surface area contributed by atoms with Crippen molar-refractivity contribution in [3.8, 4) is 17.7 Å². The van der Waals surface area contributed by atoms with Crippen LogP contribution in [0.2, 0.25) is 0 Å². The quantitative estimate of drug-likeness (QED) is 0.547. The zero-order valence-corrected chi connectivity index (χ0v) is 13.2. The normalized spacial score (nSPS) is 10.5. The average Bonchev–Trinajstić information content (AvgIpc) is 3.02. The molecule has 0 aliphatic heterocycles. The highest BCUT2D eigenvalue weighted by Gasteiger charge is 2.00. The van der Waals surface area contributed by atoms with Crippen LogP contribution in [-0.2, 0) is 0 Å². The van der Waals surface area contributed by atoms with E-state index < -0.39 is 0 Å². The SMILES string of the molecule is N#Cc1ccc(Oc2ccc(C=NNc3nc(N)cs3)cc2)nc1. The highest BCUT2D eigenvalue weighted by atomic mass is 32.1. The summed E-state index contributed by atoms with van der Waals surface area (Å²) in [5, 5.41) is 15.2. The predicted molar refractivity (Wildman–Crippen MR) is 93.2 cm³/mol. The summed E-state index contributed by atoms with van der Waals surface area (Å²) >= 11 is 1.38. The van der Waals surface area contributed by atoms with Gasteiger partial charge in [0.2, 0.25) is 11.0 Å². The van der Waals surface area contributed by atoms with Gasteiger partial charge >= 0.3 is 0 Å². The first-order valence-corrected chi connectivity index (χ1v) is 7.75. The van der Waals surface area contributed by atoms with E-state index in [0.29, 0.717) is 28.1 Å². The third kappa shape index (κ3) is 4.06. The van der Waals surface area contributed by atoms with E-state index in [1.807, 2.05) is 30.3 Å². The third-order valence-corrected chi connectivity index (χ3v) is 3.63. The van der Waals surface area contributed by atoms with Gasteiger partial charge in [-0.2, -0.15) is 10.4 Å². The maximum Gasteiger partial charge on any atom is 0.219 e. The molecule has 24 heavy (non-hydrogen) atoms. The number of hydrogen-bond acceptors (Lipinski definition) is 8.